The van der Waals surface area contributed by atoms with Crippen LogP contribution in [0.15, 0.2) is 30.5 Å². The van der Waals surface area contributed by atoms with Crippen molar-refractivity contribution in [3.8, 4) is 11.3 Å². The van der Waals surface area contributed by atoms with E-state index in [1.807, 2.05) is 0 Å². The molecule has 0 bridgehead atoms. The average Bonchev–Trinajstić information content (AvgIpc) is 3.00. The van der Waals surface area contributed by atoms with Crippen LogP contribution in [0.25, 0.3) is 11.3 Å². The first-order valence-corrected chi connectivity index (χ1v) is 7.36. The molecule has 0 saturated carbocycles. The molecule has 0 radical (unpaired) electrons. The summed E-state index contributed by atoms with van der Waals surface area (Å²) in [5, 5.41) is 0. The number of pyridine rings is 1. The molecule has 4 rings (SSSR count). The molecule has 1 heteroatoms. The van der Waals surface area contributed by atoms with Gasteiger partial charge in [-0.3, -0.25) is 0 Å². The van der Waals surface area contributed by atoms with Gasteiger partial charge in [-0.2, -0.15) is 0 Å². The summed E-state index contributed by atoms with van der Waals surface area (Å²) in [5.41, 5.74) is 9.32. The van der Waals surface area contributed by atoms with Crippen LogP contribution in [0, 0.1) is 6.92 Å². The first-order valence-electron chi connectivity index (χ1n) is 7.36. The van der Waals surface area contributed by atoms with Gasteiger partial charge in [0.1, 0.15) is 7.05 Å². The Morgan fingerprint density at radius 1 is 1.16 bits per heavy atom. The van der Waals surface area contributed by atoms with Gasteiger partial charge in [-0.15, -0.1) is 0 Å². The molecule has 0 amide bonds. The van der Waals surface area contributed by atoms with Gasteiger partial charge in [0.05, 0.1) is 0 Å². The van der Waals surface area contributed by atoms with Gasteiger partial charge in [0.15, 0.2) is 6.20 Å². The fourth-order valence-electron chi connectivity index (χ4n) is 4.11. The van der Waals surface area contributed by atoms with Gasteiger partial charge in [-0.1, -0.05) is 0 Å². The summed E-state index contributed by atoms with van der Waals surface area (Å²) < 4.78 is 2.24. The molecule has 2 aromatic rings. The second-order valence-corrected chi connectivity index (χ2v) is 6.07. The van der Waals surface area contributed by atoms with Crippen molar-refractivity contribution in [3.63, 3.8) is 0 Å². The highest BCUT2D eigenvalue weighted by Crippen LogP contribution is 2.47. The SMILES string of the molecule is Cc1c(-c2cccc[n+]2C)cc2c3c1CCC3CC2. The summed E-state index contributed by atoms with van der Waals surface area (Å²) >= 11 is 0. The molecule has 2 aliphatic rings. The maximum atomic E-state index is 2.47. The summed E-state index contributed by atoms with van der Waals surface area (Å²) in [6, 6.07) is 8.95. The minimum Gasteiger partial charge on any atom is -0.201 e. The Balaban J connectivity index is 1.99. The van der Waals surface area contributed by atoms with Crippen LogP contribution in [0.5, 0.6) is 0 Å². The standard InChI is InChI=1S/C18H20N/c1-12-15-9-8-13-6-7-14(18(13)15)11-16(12)17-5-3-4-10-19(17)2/h3-5,10-11,13H,6-9H2,1-2H3/q+1. The quantitative estimate of drug-likeness (QED) is 0.682. The molecule has 19 heavy (non-hydrogen) atoms. The zero-order valence-electron chi connectivity index (χ0n) is 11.7. The van der Waals surface area contributed by atoms with Crippen molar-refractivity contribution in [1.29, 1.82) is 0 Å². The zero-order valence-corrected chi connectivity index (χ0v) is 11.7. The third kappa shape index (κ3) is 1.51. The lowest BCUT2D eigenvalue weighted by atomic mass is 9.93. The van der Waals surface area contributed by atoms with Gasteiger partial charge in [-0.05, 0) is 72.9 Å². The third-order valence-corrected chi connectivity index (χ3v) is 5.09. The molecular weight excluding hydrogens is 230 g/mol. The summed E-state index contributed by atoms with van der Waals surface area (Å²) in [6.07, 6.45) is 7.49. The smallest absolute Gasteiger partial charge is 0.201 e. The van der Waals surface area contributed by atoms with E-state index in [1.165, 1.54) is 42.5 Å². The molecule has 2 aliphatic carbocycles. The largest absolute Gasteiger partial charge is 0.212 e. The van der Waals surface area contributed by atoms with Crippen molar-refractivity contribution in [1.82, 2.24) is 0 Å². The zero-order chi connectivity index (χ0) is 13.0. The Labute approximate surface area is 114 Å². The Hall–Kier alpha value is -1.63. The van der Waals surface area contributed by atoms with Crippen LogP contribution in [0.3, 0.4) is 0 Å². The number of nitrogens with zero attached hydrogens (tertiary/aromatic N) is 1. The number of hydrogen-bond acceptors (Lipinski definition) is 0. The lowest BCUT2D eigenvalue weighted by molar-refractivity contribution is -0.660. The molecule has 0 N–H and O–H groups in total. The molecule has 0 spiro atoms. The fraction of sp³-hybridized carbons (Fsp3) is 0.389. The van der Waals surface area contributed by atoms with Gasteiger partial charge in [-0.25, -0.2) is 4.57 Å². The van der Waals surface area contributed by atoms with Gasteiger partial charge in [0, 0.05) is 17.7 Å². The van der Waals surface area contributed by atoms with Crippen molar-refractivity contribution >= 4 is 0 Å². The van der Waals surface area contributed by atoms with Crippen molar-refractivity contribution in [3.05, 3.63) is 52.7 Å². The van der Waals surface area contributed by atoms with Crippen LogP contribution in [0.2, 0.25) is 0 Å². The van der Waals surface area contributed by atoms with Crippen LogP contribution in [-0.2, 0) is 19.9 Å². The summed E-state index contributed by atoms with van der Waals surface area (Å²) in [5.74, 6) is 0.877. The van der Waals surface area contributed by atoms with E-state index >= 15 is 0 Å². The Bertz CT molecular complexity index is 670. The molecule has 0 aliphatic heterocycles. The number of rotatable bonds is 1. The molecule has 1 unspecified atom stereocenters. The van der Waals surface area contributed by atoms with Gasteiger partial charge in [0.2, 0.25) is 5.69 Å². The van der Waals surface area contributed by atoms with E-state index < -0.39 is 0 Å². The van der Waals surface area contributed by atoms with Crippen LogP contribution in [0.4, 0.5) is 0 Å². The molecule has 1 nitrogen and oxygen atoms in total. The Morgan fingerprint density at radius 2 is 2.00 bits per heavy atom. The van der Waals surface area contributed by atoms with E-state index in [4.69, 9.17) is 0 Å². The molecule has 1 heterocycles. The second kappa shape index (κ2) is 3.93. The molecule has 1 aromatic heterocycles. The maximum absolute atomic E-state index is 2.47. The van der Waals surface area contributed by atoms with Gasteiger partial charge in [0.25, 0.3) is 0 Å². The molecule has 1 aromatic carbocycles. The number of hydrogen-bond donors (Lipinski definition) is 0. The predicted octanol–water partition coefficient (Wildman–Crippen LogP) is 3.46. The molecule has 0 fully saturated rings. The predicted molar refractivity (Wildman–Crippen MR) is 77.2 cm³/mol. The first-order chi connectivity index (χ1) is 9.25. The lowest BCUT2D eigenvalue weighted by Crippen LogP contribution is -2.30. The minimum atomic E-state index is 0.877. The summed E-state index contributed by atoms with van der Waals surface area (Å²) in [6.45, 7) is 2.32. The van der Waals surface area contributed by atoms with Crippen LogP contribution >= 0.6 is 0 Å². The molecule has 0 saturated heterocycles. The van der Waals surface area contributed by atoms with E-state index in [-0.39, 0.29) is 0 Å². The first kappa shape index (κ1) is 11.2. The molecule has 96 valence electrons. The fourth-order valence-corrected chi connectivity index (χ4v) is 4.11. The van der Waals surface area contributed by atoms with E-state index in [0.717, 1.165) is 5.92 Å². The summed E-state index contributed by atoms with van der Waals surface area (Å²) in [4.78, 5) is 0. The van der Waals surface area contributed by atoms with E-state index in [0.29, 0.717) is 0 Å². The van der Waals surface area contributed by atoms with Crippen LogP contribution in [0.1, 0.15) is 41.0 Å². The maximum Gasteiger partial charge on any atom is 0.212 e. The number of aromatic nitrogens is 1. The van der Waals surface area contributed by atoms with E-state index in [9.17, 15) is 0 Å². The normalized spacial score (nSPS) is 19.8. The van der Waals surface area contributed by atoms with Gasteiger partial charge >= 0.3 is 0 Å². The van der Waals surface area contributed by atoms with Crippen molar-refractivity contribution < 1.29 is 4.57 Å². The Morgan fingerprint density at radius 3 is 2.84 bits per heavy atom. The molecule has 1 atom stereocenters. The third-order valence-electron chi connectivity index (χ3n) is 5.09. The number of benzene rings is 1. The van der Waals surface area contributed by atoms with Crippen LogP contribution < -0.4 is 4.57 Å². The lowest BCUT2D eigenvalue weighted by Gasteiger charge is -2.12. The monoisotopic (exact) mass is 250 g/mol. The topological polar surface area (TPSA) is 3.88 Å². The van der Waals surface area contributed by atoms with E-state index in [1.54, 1.807) is 16.7 Å². The highest BCUT2D eigenvalue weighted by Gasteiger charge is 2.33. The second-order valence-electron chi connectivity index (χ2n) is 6.07. The number of aryl methyl sites for hydroxylation is 2. The highest BCUT2D eigenvalue weighted by atomic mass is 14.9. The molecular formula is C18H20N+. The average molecular weight is 250 g/mol. The highest BCUT2D eigenvalue weighted by molar-refractivity contribution is 5.68. The van der Waals surface area contributed by atoms with Crippen molar-refractivity contribution in [2.24, 2.45) is 7.05 Å². The van der Waals surface area contributed by atoms with Crippen LogP contribution in [-0.4, -0.2) is 0 Å². The Kier molecular flexibility index (Phi) is 2.32. The van der Waals surface area contributed by atoms with Crippen molar-refractivity contribution in [2.75, 3.05) is 0 Å². The summed E-state index contributed by atoms with van der Waals surface area (Å²) in [7, 11) is 2.14. The van der Waals surface area contributed by atoms with Crippen molar-refractivity contribution in [2.45, 2.75) is 38.5 Å². The van der Waals surface area contributed by atoms with E-state index in [2.05, 4.69) is 49.0 Å². The van der Waals surface area contributed by atoms with Gasteiger partial charge < -0.3 is 0 Å². The minimum absolute atomic E-state index is 0.877.